The van der Waals surface area contributed by atoms with Gasteiger partial charge in [0.15, 0.2) is 5.16 Å². The Balaban J connectivity index is 1.50. The predicted octanol–water partition coefficient (Wildman–Crippen LogP) is 3.83. The quantitative estimate of drug-likeness (QED) is 0.709. The molecule has 5 nitrogen and oxygen atoms in total. The molecule has 0 spiro atoms. The fraction of sp³-hybridized carbons (Fsp3) is 0.524. The van der Waals surface area contributed by atoms with E-state index in [1.165, 1.54) is 6.42 Å². The summed E-state index contributed by atoms with van der Waals surface area (Å²) in [4.78, 5) is 19.2. The Kier molecular flexibility index (Phi) is 6.14. The van der Waals surface area contributed by atoms with Crippen molar-refractivity contribution in [2.24, 2.45) is 0 Å². The van der Waals surface area contributed by atoms with Crippen LogP contribution in [-0.4, -0.2) is 51.9 Å². The van der Waals surface area contributed by atoms with E-state index >= 15 is 0 Å². The molecule has 0 aliphatic carbocycles. The van der Waals surface area contributed by atoms with Gasteiger partial charge in [0.2, 0.25) is 5.91 Å². The Morgan fingerprint density at radius 1 is 1.15 bits per heavy atom. The molecule has 2 aromatic rings. The van der Waals surface area contributed by atoms with Crippen LogP contribution in [0.25, 0.3) is 11.3 Å². The Morgan fingerprint density at radius 2 is 1.96 bits per heavy atom. The number of ether oxygens (including phenoxy) is 1. The van der Waals surface area contributed by atoms with Crippen LogP contribution in [0, 0.1) is 0 Å². The molecule has 1 aromatic carbocycles. The van der Waals surface area contributed by atoms with E-state index in [0.29, 0.717) is 5.75 Å². The van der Waals surface area contributed by atoms with Crippen molar-refractivity contribution in [2.75, 3.05) is 25.4 Å². The molecule has 0 radical (unpaired) electrons. The minimum absolute atomic E-state index is 0.229. The van der Waals surface area contributed by atoms with Crippen LogP contribution in [0.4, 0.5) is 0 Å². The van der Waals surface area contributed by atoms with E-state index in [9.17, 15) is 4.79 Å². The molecule has 0 N–H and O–H groups in total. The monoisotopic (exact) mass is 385 g/mol. The average molecular weight is 386 g/mol. The zero-order valence-electron chi connectivity index (χ0n) is 15.7. The Labute approximate surface area is 165 Å². The lowest BCUT2D eigenvalue weighted by Crippen LogP contribution is -2.36. The van der Waals surface area contributed by atoms with Crippen LogP contribution < -0.4 is 0 Å². The average Bonchev–Trinajstić information content (AvgIpc) is 3.38. The number of nitrogens with zero attached hydrogens (tertiary/aromatic N) is 3. The Bertz CT molecular complexity index is 750. The summed E-state index contributed by atoms with van der Waals surface area (Å²) in [5.74, 6) is 0.684. The molecule has 2 aliphatic heterocycles. The number of benzene rings is 1. The van der Waals surface area contributed by atoms with Gasteiger partial charge in [0.25, 0.3) is 0 Å². The van der Waals surface area contributed by atoms with Crippen LogP contribution in [0.5, 0.6) is 0 Å². The molecule has 2 saturated heterocycles. The first-order chi connectivity index (χ1) is 13.3. The van der Waals surface area contributed by atoms with Crippen LogP contribution in [0.1, 0.15) is 32.1 Å². The minimum atomic E-state index is 0.229. The van der Waals surface area contributed by atoms with Crippen molar-refractivity contribution >= 4 is 17.7 Å². The van der Waals surface area contributed by atoms with E-state index in [1.807, 2.05) is 29.3 Å². The number of imidazole rings is 1. The molecule has 0 unspecified atom stereocenters. The molecule has 1 atom stereocenters. The van der Waals surface area contributed by atoms with Crippen molar-refractivity contribution < 1.29 is 9.53 Å². The van der Waals surface area contributed by atoms with Crippen molar-refractivity contribution in [2.45, 2.75) is 49.9 Å². The van der Waals surface area contributed by atoms with Gasteiger partial charge in [0.1, 0.15) is 0 Å². The molecule has 6 heteroatoms. The SMILES string of the molecule is O=C(CSc1ncc(-c2ccccc2)n1C[C@@H]1CCCO1)N1CCCCC1. The third kappa shape index (κ3) is 4.55. The minimum Gasteiger partial charge on any atom is -0.376 e. The maximum absolute atomic E-state index is 12.5. The number of likely N-dealkylation sites (tertiary alicyclic amines) is 1. The highest BCUT2D eigenvalue weighted by Gasteiger charge is 2.22. The zero-order chi connectivity index (χ0) is 18.5. The van der Waals surface area contributed by atoms with E-state index < -0.39 is 0 Å². The summed E-state index contributed by atoms with van der Waals surface area (Å²) < 4.78 is 8.10. The van der Waals surface area contributed by atoms with Gasteiger partial charge in [-0.15, -0.1) is 0 Å². The topological polar surface area (TPSA) is 47.4 Å². The van der Waals surface area contributed by atoms with Crippen LogP contribution in [0.15, 0.2) is 41.7 Å². The van der Waals surface area contributed by atoms with Crippen molar-refractivity contribution in [3.05, 3.63) is 36.5 Å². The summed E-state index contributed by atoms with van der Waals surface area (Å²) in [6.45, 7) is 3.44. The first kappa shape index (κ1) is 18.6. The van der Waals surface area contributed by atoms with Gasteiger partial charge in [0.05, 0.1) is 30.3 Å². The number of thioether (sulfide) groups is 1. The molecule has 2 fully saturated rings. The molecule has 3 heterocycles. The molecular weight excluding hydrogens is 358 g/mol. The third-order valence-corrected chi connectivity index (χ3v) is 6.31. The third-order valence-electron chi connectivity index (χ3n) is 5.33. The summed E-state index contributed by atoms with van der Waals surface area (Å²) >= 11 is 1.55. The second kappa shape index (κ2) is 8.93. The van der Waals surface area contributed by atoms with Crippen LogP contribution in [-0.2, 0) is 16.1 Å². The molecule has 2 aliphatic rings. The first-order valence-electron chi connectivity index (χ1n) is 9.94. The predicted molar refractivity (Wildman–Crippen MR) is 108 cm³/mol. The lowest BCUT2D eigenvalue weighted by Gasteiger charge is -2.26. The van der Waals surface area contributed by atoms with Crippen molar-refractivity contribution in [3.8, 4) is 11.3 Å². The van der Waals surface area contributed by atoms with Gasteiger partial charge in [0, 0.05) is 19.7 Å². The molecule has 1 amide bonds. The number of hydrogen-bond acceptors (Lipinski definition) is 4. The lowest BCUT2D eigenvalue weighted by atomic mass is 10.1. The standard InChI is InChI=1S/C21H27N3O2S/c25-20(23-11-5-2-6-12-23)16-27-21-22-14-19(17-8-3-1-4-9-17)24(21)15-18-10-7-13-26-18/h1,3-4,8-9,14,18H,2,5-7,10-13,15-16H2/t18-/m0/s1. The van der Waals surface area contributed by atoms with Crippen molar-refractivity contribution in [1.82, 2.24) is 14.5 Å². The van der Waals surface area contributed by atoms with Crippen LogP contribution >= 0.6 is 11.8 Å². The Morgan fingerprint density at radius 3 is 2.70 bits per heavy atom. The fourth-order valence-electron chi connectivity index (χ4n) is 3.84. The summed E-state index contributed by atoms with van der Waals surface area (Å²) in [5.41, 5.74) is 2.25. The van der Waals surface area contributed by atoms with Gasteiger partial charge >= 0.3 is 0 Å². The number of piperidine rings is 1. The smallest absolute Gasteiger partial charge is 0.233 e. The summed E-state index contributed by atoms with van der Waals surface area (Å²) in [6, 6.07) is 10.3. The first-order valence-corrected chi connectivity index (χ1v) is 10.9. The number of hydrogen-bond donors (Lipinski definition) is 0. The van der Waals surface area contributed by atoms with Gasteiger partial charge in [-0.25, -0.2) is 4.98 Å². The summed E-state index contributed by atoms with van der Waals surface area (Å²) in [7, 11) is 0. The Hall–Kier alpha value is -1.79. The maximum Gasteiger partial charge on any atom is 0.233 e. The van der Waals surface area contributed by atoms with E-state index in [2.05, 4.69) is 21.7 Å². The van der Waals surface area contributed by atoms with Gasteiger partial charge in [-0.3, -0.25) is 4.79 Å². The molecule has 1 aromatic heterocycles. The lowest BCUT2D eigenvalue weighted by molar-refractivity contribution is -0.129. The van der Waals surface area contributed by atoms with E-state index in [4.69, 9.17) is 4.74 Å². The number of carbonyl (C=O) groups excluding carboxylic acids is 1. The normalized spacial score (nSPS) is 20.1. The number of aromatic nitrogens is 2. The number of rotatable bonds is 6. The molecule has 0 saturated carbocycles. The van der Waals surface area contributed by atoms with Crippen LogP contribution in [0.3, 0.4) is 0 Å². The van der Waals surface area contributed by atoms with E-state index in [1.54, 1.807) is 11.8 Å². The van der Waals surface area contributed by atoms with Crippen molar-refractivity contribution in [3.63, 3.8) is 0 Å². The highest BCUT2D eigenvalue weighted by atomic mass is 32.2. The highest BCUT2D eigenvalue weighted by Crippen LogP contribution is 2.28. The zero-order valence-corrected chi connectivity index (χ0v) is 16.5. The molecule has 144 valence electrons. The van der Waals surface area contributed by atoms with Gasteiger partial charge in [-0.1, -0.05) is 42.1 Å². The fourth-order valence-corrected chi connectivity index (χ4v) is 4.73. The second-order valence-electron chi connectivity index (χ2n) is 7.27. The summed E-state index contributed by atoms with van der Waals surface area (Å²) in [6.07, 6.45) is 7.86. The van der Waals surface area contributed by atoms with E-state index in [-0.39, 0.29) is 12.0 Å². The largest absolute Gasteiger partial charge is 0.376 e. The molecule has 4 rings (SSSR count). The van der Waals surface area contributed by atoms with Gasteiger partial charge in [-0.2, -0.15) is 0 Å². The number of carbonyl (C=O) groups is 1. The van der Waals surface area contributed by atoms with Gasteiger partial charge in [-0.05, 0) is 37.7 Å². The van der Waals surface area contributed by atoms with Crippen molar-refractivity contribution in [1.29, 1.82) is 0 Å². The molecule has 0 bridgehead atoms. The maximum atomic E-state index is 12.5. The number of amides is 1. The highest BCUT2D eigenvalue weighted by molar-refractivity contribution is 7.99. The van der Waals surface area contributed by atoms with E-state index in [0.717, 1.165) is 68.3 Å². The molecule has 27 heavy (non-hydrogen) atoms. The van der Waals surface area contributed by atoms with Crippen LogP contribution in [0.2, 0.25) is 0 Å². The summed E-state index contributed by atoms with van der Waals surface area (Å²) in [5, 5.41) is 0.912. The second-order valence-corrected chi connectivity index (χ2v) is 8.21. The van der Waals surface area contributed by atoms with Gasteiger partial charge < -0.3 is 14.2 Å². The molecular formula is C21H27N3O2S.